The summed E-state index contributed by atoms with van der Waals surface area (Å²) < 4.78 is 9.09. The van der Waals surface area contributed by atoms with Gasteiger partial charge in [-0.3, -0.25) is 14.4 Å². The molecule has 0 spiro atoms. The molecule has 1 unspecified atom stereocenters. The van der Waals surface area contributed by atoms with Gasteiger partial charge in [0.2, 0.25) is 6.41 Å². The fourth-order valence-corrected chi connectivity index (χ4v) is 2.57. The Hall–Kier alpha value is -2.12. The largest absolute Gasteiger partial charge is 0.469 e. The van der Waals surface area contributed by atoms with Crippen molar-refractivity contribution in [2.75, 3.05) is 27.2 Å². The maximum atomic E-state index is 10.9. The number of hydrogen-bond acceptors (Lipinski definition) is 6. The molecule has 1 aromatic carbocycles. The lowest BCUT2D eigenvalue weighted by molar-refractivity contribution is -0.141. The summed E-state index contributed by atoms with van der Waals surface area (Å²) in [5.74, 6) is -0.261. The number of hydrogen-bond donors (Lipinski definition) is 0. The fraction of sp³-hybridized carbons (Fsp3) is 0.609. The molecular weight excluding hydrogens is 420 g/mol. The highest BCUT2D eigenvalue weighted by atomic mass is 35.5. The van der Waals surface area contributed by atoms with Crippen LogP contribution in [0.2, 0.25) is 5.02 Å². The zero-order valence-electron chi connectivity index (χ0n) is 19.6. The van der Waals surface area contributed by atoms with E-state index in [4.69, 9.17) is 11.6 Å². The molecule has 1 heterocycles. The molecule has 2 rings (SSSR count). The average Bonchev–Trinajstić information content (AvgIpc) is 2.71. The summed E-state index contributed by atoms with van der Waals surface area (Å²) in [6.07, 6.45) is 3.08. The van der Waals surface area contributed by atoms with Crippen molar-refractivity contribution >= 4 is 30.5 Å². The average molecular weight is 457 g/mol. The molecule has 0 N–H and O–H groups in total. The lowest BCUT2D eigenvalue weighted by Crippen LogP contribution is -2.41. The van der Waals surface area contributed by atoms with Gasteiger partial charge in [0.05, 0.1) is 7.11 Å². The number of nitrogens with zero attached hydrogens (tertiary/aromatic N) is 2. The Morgan fingerprint density at radius 1 is 1.32 bits per heavy atom. The van der Waals surface area contributed by atoms with E-state index in [0.717, 1.165) is 18.0 Å². The molecule has 1 atom stereocenters. The molecular formula is C23H37ClN2O5. The standard InChI is InChI=1S/C13H16ClNO3.C5H11N.C5H10O2/c1-18-13(17)6-3-7-15(10-16)9-11-4-2-5-12(14)8-11;1-5-3-4-6(5)2;1-5(2,3)7-4-6/h2,4-5,8,10H,3,6-7,9H2,1H3;5H,3-4H2,1-2H3;4H,1-3H3. The Morgan fingerprint density at radius 2 is 1.97 bits per heavy atom. The molecule has 1 aromatic rings. The van der Waals surface area contributed by atoms with Crippen LogP contribution in [0, 0.1) is 0 Å². The van der Waals surface area contributed by atoms with Crippen LogP contribution in [-0.2, 0) is 30.4 Å². The number of methoxy groups -OCH3 is 1. The van der Waals surface area contributed by atoms with Gasteiger partial charge in [-0.05, 0) is 71.8 Å². The Morgan fingerprint density at radius 3 is 2.32 bits per heavy atom. The summed E-state index contributed by atoms with van der Waals surface area (Å²) >= 11 is 5.87. The molecule has 1 aliphatic heterocycles. The monoisotopic (exact) mass is 456 g/mol. The highest BCUT2D eigenvalue weighted by Gasteiger charge is 2.17. The van der Waals surface area contributed by atoms with Crippen LogP contribution in [0.5, 0.6) is 0 Å². The normalized spacial score (nSPS) is 15.1. The molecule has 31 heavy (non-hydrogen) atoms. The van der Waals surface area contributed by atoms with Crippen LogP contribution >= 0.6 is 11.6 Å². The third kappa shape index (κ3) is 15.3. The predicted molar refractivity (Wildman–Crippen MR) is 123 cm³/mol. The number of carbonyl (C=O) groups excluding carboxylic acids is 3. The van der Waals surface area contributed by atoms with E-state index in [9.17, 15) is 14.4 Å². The van der Waals surface area contributed by atoms with E-state index < -0.39 is 0 Å². The smallest absolute Gasteiger partial charge is 0.305 e. The Kier molecular flexibility index (Phi) is 14.6. The van der Waals surface area contributed by atoms with E-state index in [1.807, 2.05) is 39.0 Å². The maximum absolute atomic E-state index is 10.9. The number of rotatable bonds is 8. The van der Waals surface area contributed by atoms with Crippen molar-refractivity contribution in [1.29, 1.82) is 0 Å². The van der Waals surface area contributed by atoms with E-state index in [1.54, 1.807) is 11.0 Å². The van der Waals surface area contributed by atoms with Crippen molar-refractivity contribution in [2.45, 2.75) is 65.1 Å². The van der Waals surface area contributed by atoms with Crippen LogP contribution in [0.25, 0.3) is 0 Å². The lowest BCUT2D eigenvalue weighted by atomic mass is 10.1. The van der Waals surface area contributed by atoms with Crippen molar-refractivity contribution in [3.63, 3.8) is 0 Å². The molecule has 7 nitrogen and oxygen atoms in total. The van der Waals surface area contributed by atoms with Crippen molar-refractivity contribution in [2.24, 2.45) is 0 Å². The van der Waals surface area contributed by atoms with Gasteiger partial charge < -0.3 is 19.3 Å². The Bertz CT molecular complexity index is 656. The highest BCUT2D eigenvalue weighted by molar-refractivity contribution is 6.30. The van der Waals surface area contributed by atoms with Crippen LogP contribution in [0.3, 0.4) is 0 Å². The molecule has 176 valence electrons. The van der Waals surface area contributed by atoms with E-state index in [-0.39, 0.29) is 11.6 Å². The van der Waals surface area contributed by atoms with Crippen molar-refractivity contribution in [3.05, 3.63) is 34.9 Å². The Labute approximate surface area is 191 Å². The fourth-order valence-electron chi connectivity index (χ4n) is 2.36. The predicted octanol–water partition coefficient (Wildman–Crippen LogP) is 3.92. The maximum Gasteiger partial charge on any atom is 0.305 e. The summed E-state index contributed by atoms with van der Waals surface area (Å²) in [5, 5.41) is 0.646. The van der Waals surface area contributed by atoms with Gasteiger partial charge >= 0.3 is 5.97 Å². The number of esters is 1. The first kappa shape index (κ1) is 28.9. The van der Waals surface area contributed by atoms with Gasteiger partial charge in [0, 0.05) is 30.6 Å². The van der Waals surface area contributed by atoms with Gasteiger partial charge in [-0.1, -0.05) is 23.7 Å². The quantitative estimate of drug-likeness (QED) is 0.436. The lowest BCUT2D eigenvalue weighted by Gasteiger charge is -2.34. The van der Waals surface area contributed by atoms with Crippen LogP contribution < -0.4 is 0 Å². The van der Waals surface area contributed by atoms with Crippen LogP contribution in [0.4, 0.5) is 0 Å². The van der Waals surface area contributed by atoms with Gasteiger partial charge in [-0.2, -0.15) is 0 Å². The number of carbonyl (C=O) groups is 3. The number of benzene rings is 1. The minimum absolute atomic E-state index is 0.261. The molecule has 1 saturated heterocycles. The van der Waals surface area contributed by atoms with E-state index in [1.165, 1.54) is 20.1 Å². The second-order valence-corrected chi connectivity index (χ2v) is 8.77. The first-order chi connectivity index (χ1) is 14.5. The first-order valence-corrected chi connectivity index (χ1v) is 10.7. The van der Waals surface area contributed by atoms with E-state index >= 15 is 0 Å². The van der Waals surface area contributed by atoms with Crippen LogP contribution in [-0.4, -0.2) is 67.5 Å². The molecule has 0 bridgehead atoms. The van der Waals surface area contributed by atoms with Gasteiger partial charge in [0.25, 0.3) is 6.47 Å². The zero-order chi connectivity index (χ0) is 23.9. The minimum Gasteiger partial charge on any atom is -0.469 e. The summed E-state index contributed by atoms with van der Waals surface area (Å²) in [4.78, 5) is 35.4. The summed E-state index contributed by atoms with van der Waals surface area (Å²) in [7, 11) is 3.51. The highest BCUT2D eigenvalue weighted by Crippen LogP contribution is 2.13. The molecule has 1 aliphatic rings. The van der Waals surface area contributed by atoms with Gasteiger partial charge in [-0.25, -0.2) is 0 Å². The summed E-state index contributed by atoms with van der Waals surface area (Å²) in [5.41, 5.74) is 0.648. The summed E-state index contributed by atoms with van der Waals surface area (Å²) in [6, 6.07) is 8.22. The van der Waals surface area contributed by atoms with Gasteiger partial charge in [0.1, 0.15) is 5.60 Å². The van der Waals surface area contributed by atoms with Crippen LogP contribution in [0.15, 0.2) is 24.3 Å². The topological polar surface area (TPSA) is 76.2 Å². The molecule has 8 heteroatoms. The molecule has 1 amide bonds. The van der Waals surface area contributed by atoms with Gasteiger partial charge in [0.15, 0.2) is 0 Å². The van der Waals surface area contributed by atoms with Crippen molar-refractivity contribution < 1.29 is 23.9 Å². The number of halogens is 1. The van der Waals surface area contributed by atoms with Crippen LogP contribution in [0.1, 0.15) is 52.5 Å². The first-order valence-electron chi connectivity index (χ1n) is 10.3. The molecule has 0 aliphatic carbocycles. The zero-order valence-corrected chi connectivity index (χ0v) is 20.4. The molecule has 0 aromatic heterocycles. The number of likely N-dealkylation sites (tertiary alicyclic amines) is 1. The second-order valence-electron chi connectivity index (χ2n) is 8.33. The minimum atomic E-state index is -0.318. The summed E-state index contributed by atoms with van der Waals surface area (Å²) in [6.45, 7) is 10.5. The van der Waals surface area contributed by atoms with Crippen molar-refractivity contribution in [1.82, 2.24) is 9.80 Å². The van der Waals surface area contributed by atoms with E-state index in [2.05, 4.69) is 28.3 Å². The van der Waals surface area contributed by atoms with Gasteiger partial charge in [-0.15, -0.1) is 0 Å². The third-order valence-corrected chi connectivity index (χ3v) is 4.77. The number of ether oxygens (including phenoxy) is 2. The van der Waals surface area contributed by atoms with E-state index in [0.29, 0.717) is 37.4 Å². The molecule has 0 radical (unpaired) electrons. The SMILES string of the molecule is CC(C)(C)OC=O.CC1CCN1C.COC(=O)CCCN(C=O)Cc1cccc(Cl)c1. The molecule has 1 fully saturated rings. The number of amides is 1. The Balaban J connectivity index is 0.000000562. The second kappa shape index (κ2) is 15.6. The molecule has 0 saturated carbocycles. The van der Waals surface area contributed by atoms with Crippen molar-refractivity contribution in [3.8, 4) is 0 Å². The third-order valence-electron chi connectivity index (χ3n) is 4.53.